The molecule has 31 heavy (non-hydrogen) atoms. The second kappa shape index (κ2) is 11.2. The van der Waals surface area contributed by atoms with Crippen molar-refractivity contribution < 1.29 is 19.1 Å². The van der Waals surface area contributed by atoms with Gasteiger partial charge in [-0.1, -0.05) is 12.1 Å². The number of nitrogens with one attached hydrogen (secondary N) is 1. The third-order valence-electron chi connectivity index (χ3n) is 5.61. The molecule has 0 saturated carbocycles. The lowest BCUT2D eigenvalue weighted by molar-refractivity contribution is -0.137. The first kappa shape index (κ1) is 23.1. The Balaban J connectivity index is 1.60. The summed E-state index contributed by atoms with van der Waals surface area (Å²) >= 11 is 1.60. The molecule has 2 heterocycles. The number of ether oxygens (including phenoxy) is 2. The highest BCUT2D eigenvalue weighted by atomic mass is 32.1. The Labute approximate surface area is 187 Å². The number of nitrogens with zero attached hydrogens (tertiary/aromatic N) is 2. The molecule has 0 unspecified atom stereocenters. The van der Waals surface area contributed by atoms with Crippen LogP contribution in [-0.2, 0) is 16.1 Å². The molecule has 1 saturated heterocycles. The van der Waals surface area contributed by atoms with Crippen LogP contribution in [0.3, 0.4) is 0 Å². The predicted octanol–water partition coefficient (Wildman–Crippen LogP) is 3.07. The highest BCUT2D eigenvalue weighted by molar-refractivity contribution is 7.09. The van der Waals surface area contributed by atoms with Crippen molar-refractivity contribution in [1.29, 1.82) is 0 Å². The summed E-state index contributed by atoms with van der Waals surface area (Å²) < 4.78 is 10.9. The Morgan fingerprint density at radius 3 is 2.77 bits per heavy atom. The standard InChI is InChI=1S/C23H31N3O4S/c1-4-25(15-22(27)24-14-18-7-6-12-31-18)23(28)16-26-11-5-8-20(26)19-10-9-17(29-2)13-21(19)30-3/h6-7,9-10,12-13,20H,4-5,8,11,14-16H2,1-3H3,(H,24,27)/t20-/m0/s1. The molecule has 168 valence electrons. The quantitative estimate of drug-likeness (QED) is 0.609. The van der Waals surface area contributed by atoms with E-state index in [1.54, 1.807) is 30.5 Å². The van der Waals surface area contributed by atoms with Crippen LogP contribution in [0.25, 0.3) is 0 Å². The smallest absolute Gasteiger partial charge is 0.239 e. The van der Waals surface area contributed by atoms with E-state index in [1.807, 2.05) is 42.6 Å². The molecule has 1 fully saturated rings. The number of carbonyl (C=O) groups is 2. The number of likely N-dealkylation sites (tertiary alicyclic amines) is 1. The highest BCUT2D eigenvalue weighted by Crippen LogP contribution is 2.38. The van der Waals surface area contributed by atoms with Crippen LogP contribution in [0.15, 0.2) is 35.7 Å². The molecule has 7 nitrogen and oxygen atoms in total. The van der Waals surface area contributed by atoms with E-state index >= 15 is 0 Å². The molecule has 8 heteroatoms. The van der Waals surface area contributed by atoms with Crippen LogP contribution in [-0.4, -0.2) is 62.0 Å². The lowest BCUT2D eigenvalue weighted by atomic mass is 10.0. The average Bonchev–Trinajstić information content (AvgIpc) is 3.47. The number of likely N-dealkylation sites (N-methyl/N-ethyl adjacent to an activating group) is 1. The monoisotopic (exact) mass is 445 g/mol. The Kier molecular flexibility index (Phi) is 8.31. The van der Waals surface area contributed by atoms with Crippen molar-refractivity contribution in [2.75, 3.05) is 40.4 Å². The van der Waals surface area contributed by atoms with E-state index in [0.717, 1.165) is 41.3 Å². The van der Waals surface area contributed by atoms with Gasteiger partial charge in [0.15, 0.2) is 0 Å². The molecule has 1 aliphatic heterocycles. The van der Waals surface area contributed by atoms with Gasteiger partial charge in [-0.15, -0.1) is 11.3 Å². The number of benzene rings is 1. The normalized spacial score (nSPS) is 16.2. The summed E-state index contributed by atoms with van der Waals surface area (Å²) in [5.74, 6) is 1.34. The second-order valence-electron chi connectivity index (χ2n) is 7.50. The van der Waals surface area contributed by atoms with Gasteiger partial charge in [0.1, 0.15) is 11.5 Å². The molecule has 0 aliphatic carbocycles. The highest BCUT2D eigenvalue weighted by Gasteiger charge is 2.31. The van der Waals surface area contributed by atoms with Crippen molar-refractivity contribution in [3.8, 4) is 11.5 Å². The van der Waals surface area contributed by atoms with Gasteiger partial charge >= 0.3 is 0 Å². The molecule has 0 bridgehead atoms. The summed E-state index contributed by atoms with van der Waals surface area (Å²) in [6.45, 7) is 4.09. The van der Waals surface area contributed by atoms with Crippen LogP contribution in [0.2, 0.25) is 0 Å². The van der Waals surface area contributed by atoms with Gasteiger partial charge in [-0.3, -0.25) is 14.5 Å². The average molecular weight is 446 g/mol. The molecular weight excluding hydrogens is 414 g/mol. The topological polar surface area (TPSA) is 71.1 Å². The van der Waals surface area contributed by atoms with Crippen LogP contribution < -0.4 is 14.8 Å². The summed E-state index contributed by atoms with van der Waals surface area (Å²) in [7, 11) is 3.28. The molecule has 1 aliphatic rings. The summed E-state index contributed by atoms with van der Waals surface area (Å²) in [4.78, 5) is 30.2. The minimum atomic E-state index is -0.140. The fraction of sp³-hybridized carbons (Fsp3) is 0.478. The third kappa shape index (κ3) is 5.98. The summed E-state index contributed by atoms with van der Waals surface area (Å²) in [6.07, 6.45) is 1.98. The molecular formula is C23H31N3O4S. The summed E-state index contributed by atoms with van der Waals surface area (Å²) in [5, 5.41) is 4.87. The van der Waals surface area contributed by atoms with Gasteiger partial charge < -0.3 is 19.7 Å². The lowest BCUT2D eigenvalue weighted by Gasteiger charge is -2.28. The second-order valence-corrected chi connectivity index (χ2v) is 8.53. The number of hydrogen-bond donors (Lipinski definition) is 1. The summed E-state index contributed by atoms with van der Waals surface area (Å²) in [6, 6.07) is 9.86. The van der Waals surface area contributed by atoms with Gasteiger partial charge in [0.2, 0.25) is 11.8 Å². The van der Waals surface area contributed by atoms with E-state index < -0.39 is 0 Å². The fourth-order valence-corrected chi connectivity index (χ4v) is 4.58. The number of carbonyl (C=O) groups excluding carboxylic acids is 2. The SMILES string of the molecule is CCN(CC(=O)NCc1cccs1)C(=O)CN1CCC[C@H]1c1ccc(OC)cc1OC. The Morgan fingerprint density at radius 2 is 2.10 bits per heavy atom. The van der Waals surface area contributed by atoms with Crippen LogP contribution in [0, 0.1) is 0 Å². The Morgan fingerprint density at radius 1 is 1.26 bits per heavy atom. The van der Waals surface area contributed by atoms with E-state index in [4.69, 9.17) is 9.47 Å². The van der Waals surface area contributed by atoms with Gasteiger partial charge in [-0.05, 0) is 43.8 Å². The first-order valence-corrected chi connectivity index (χ1v) is 11.5. The minimum absolute atomic E-state index is 0.0341. The zero-order valence-electron chi connectivity index (χ0n) is 18.4. The van der Waals surface area contributed by atoms with Crippen LogP contribution in [0.5, 0.6) is 11.5 Å². The number of amides is 2. The van der Waals surface area contributed by atoms with Crippen molar-refractivity contribution in [3.63, 3.8) is 0 Å². The molecule has 1 N–H and O–H groups in total. The van der Waals surface area contributed by atoms with Gasteiger partial charge in [0.05, 0.1) is 33.9 Å². The fourth-order valence-electron chi connectivity index (χ4n) is 3.94. The molecule has 0 spiro atoms. The summed E-state index contributed by atoms with van der Waals surface area (Å²) in [5.41, 5.74) is 1.06. The number of rotatable bonds is 10. The number of thiophene rings is 1. The van der Waals surface area contributed by atoms with Crippen molar-refractivity contribution in [3.05, 3.63) is 46.2 Å². The van der Waals surface area contributed by atoms with E-state index in [-0.39, 0.29) is 30.9 Å². The molecule has 1 aromatic heterocycles. The number of hydrogen-bond acceptors (Lipinski definition) is 6. The van der Waals surface area contributed by atoms with Gasteiger partial charge in [-0.25, -0.2) is 0 Å². The van der Waals surface area contributed by atoms with Crippen LogP contribution >= 0.6 is 11.3 Å². The van der Waals surface area contributed by atoms with E-state index in [0.29, 0.717) is 13.1 Å². The minimum Gasteiger partial charge on any atom is -0.497 e. The van der Waals surface area contributed by atoms with Gasteiger partial charge in [0, 0.05) is 29.1 Å². The molecule has 2 amide bonds. The van der Waals surface area contributed by atoms with E-state index in [1.165, 1.54) is 0 Å². The third-order valence-corrected chi connectivity index (χ3v) is 6.49. The van der Waals surface area contributed by atoms with Gasteiger partial charge in [0.25, 0.3) is 0 Å². The van der Waals surface area contributed by atoms with Crippen molar-refractivity contribution >= 4 is 23.2 Å². The van der Waals surface area contributed by atoms with E-state index in [9.17, 15) is 9.59 Å². The van der Waals surface area contributed by atoms with Crippen molar-refractivity contribution in [1.82, 2.24) is 15.1 Å². The Hall–Kier alpha value is -2.58. The molecule has 3 rings (SSSR count). The van der Waals surface area contributed by atoms with Crippen molar-refractivity contribution in [2.45, 2.75) is 32.4 Å². The molecule has 1 atom stereocenters. The van der Waals surface area contributed by atoms with E-state index in [2.05, 4.69) is 10.2 Å². The lowest BCUT2D eigenvalue weighted by Crippen LogP contribution is -2.44. The Bertz CT molecular complexity index is 872. The molecule has 0 radical (unpaired) electrons. The molecule has 1 aromatic carbocycles. The maximum absolute atomic E-state index is 13.0. The number of methoxy groups -OCH3 is 2. The van der Waals surface area contributed by atoms with Crippen LogP contribution in [0.4, 0.5) is 0 Å². The first-order chi connectivity index (χ1) is 15.0. The zero-order valence-corrected chi connectivity index (χ0v) is 19.2. The van der Waals surface area contributed by atoms with Crippen LogP contribution in [0.1, 0.15) is 36.2 Å². The molecule has 2 aromatic rings. The zero-order chi connectivity index (χ0) is 22.2. The maximum atomic E-state index is 13.0. The van der Waals surface area contributed by atoms with Gasteiger partial charge in [-0.2, -0.15) is 0 Å². The maximum Gasteiger partial charge on any atom is 0.239 e. The van der Waals surface area contributed by atoms with Crippen molar-refractivity contribution in [2.24, 2.45) is 0 Å². The first-order valence-electron chi connectivity index (χ1n) is 10.6. The predicted molar refractivity (Wildman–Crippen MR) is 122 cm³/mol. The largest absolute Gasteiger partial charge is 0.497 e.